The van der Waals surface area contributed by atoms with Crippen molar-refractivity contribution in [1.29, 1.82) is 0 Å². The zero-order valence-electron chi connectivity index (χ0n) is 11.9. The number of aliphatic hydroxyl groups is 1. The average molecular weight is 288 g/mol. The summed E-state index contributed by atoms with van der Waals surface area (Å²) in [5, 5.41) is 12.9. The van der Waals surface area contributed by atoms with E-state index < -0.39 is 0 Å². The summed E-state index contributed by atoms with van der Waals surface area (Å²) in [6.07, 6.45) is 0.678. The summed E-state index contributed by atoms with van der Waals surface area (Å²) in [5.41, 5.74) is 0.788. The quantitative estimate of drug-likeness (QED) is 0.809. The smallest absolute Gasteiger partial charge is 0.179 e. The van der Waals surface area contributed by atoms with Crippen molar-refractivity contribution in [3.05, 3.63) is 22.7 Å². The van der Waals surface area contributed by atoms with E-state index in [0.29, 0.717) is 29.5 Å². The van der Waals surface area contributed by atoms with Crippen LogP contribution in [0.25, 0.3) is 0 Å². The molecular formula is C14H22ClNO3. The van der Waals surface area contributed by atoms with E-state index in [0.717, 1.165) is 5.56 Å². The summed E-state index contributed by atoms with van der Waals surface area (Å²) in [4.78, 5) is 0. The van der Waals surface area contributed by atoms with Crippen LogP contribution < -0.4 is 14.8 Å². The minimum atomic E-state index is -0.148. The lowest BCUT2D eigenvalue weighted by Crippen LogP contribution is -2.39. The summed E-state index contributed by atoms with van der Waals surface area (Å²) in [7, 11) is 3.15. The first kappa shape index (κ1) is 16.1. The number of rotatable bonds is 7. The highest BCUT2D eigenvalue weighted by molar-refractivity contribution is 6.33. The molecule has 0 heterocycles. The number of halogens is 1. The average Bonchev–Trinajstić information content (AvgIpc) is 2.36. The van der Waals surface area contributed by atoms with Crippen LogP contribution in [-0.2, 0) is 6.54 Å². The Balaban J connectivity index is 2.85. The number of ether oxygens (including phenoxy) is 2. The first-order valence-electron chi connectivity index (χ1n) is 6.20. The number of nitrogens with one attached hydrogen (secondary N) is 1. The summed E-state index contributed by atoms with van der Waals surface area (Å²) < 4.78 is 10.5. The van der Waals surface area contributed by atoms with Gasteiger partial charge in [-0.2, -0.15) is 0 Å². The van der Waals surface area contributed by atoms with Crippen molar-refractivity contribution in [3.8, 4) is 11.5 Å². The summed E-state index contributed by atoms with van der Waals surface area (Å²) in [6, 6.07) is 3.74. The molecule has 5 heteroatoms. The van der Waals surface area contributed by atoms with Crippen molar-refractivity contribution in [3.63, 3.8) is 0 Å². The molecular weight excluding hydrogens is 266 g/mol. The fourth-order valence-corrected chi connectivity index (χ4v) is 2.07. The topological polar surface area (TPSA) is 50.7 Å². The van der Waals surface area contributed by atoms with Gasteiger partial charge in [0, 0.05) is 18.7 Å². The third-order valence-electron chi connectivity index (χ3n) is 3.06. The molecule has 0 unspecified atom stereocenters. The van der Waals surface area contributed by atoms with Crippen molar-refractivity contribution in [2.45, 2.75) is 32.4 Å². The van der Waals surface area contributed by atoms with Crippen molar-refractivity contribution in [2.24, 2.45) is 0 Å². The molecule has 0 saturated carbocycles. The molecule has 1 aromatic carbocycles. The largest absolute Gasteiger partial charge is 0.493 e. The lowest BCUT2D eigenvalue weighted by molar-refractivity contribution is 0.230. The Labute approximate surface area is 119 Å². The van der Waals surface area contributed by atoms with Crippen LogP contribution in [0, 0.1) is 0 Å². The third-order valence-corrected chi connectivity index (χ3v) is 3.47. The zero-order valence-corrected chi connectivity index (χ0v) is 12.7. The Bertz CT molecular complexity index is 421. The van der Waals surface area contributed by atoms with Gasteiger partial charge in [0.2, 0.25) is 0 Å². The van der Waals surface area contributed by atoms with E-state index in [1.165, 1.54) is 0 Å². The minimum absolute atomic E-state index is 0.148. The first-order valence-corrected chi connectivity index (χ1v) is 6.58. The molecule has 2 N–H and O–H groups in total. The van der Waals surface area contributed by atoms with Gasteiger partial charge in [-0.25, -0.2) is 0 Å². The molecule has 0 bridgehead atoms. The molecule has 0 amide bonds. The molecule has 0 fully saturated rings. The Hall–Kier alpha value is -0.970. The van der Waals surface area contributed by atoms with Crippen LogP contribution in [0.4, 0.5) is 0 Å². The van der Waals surface area contributed by atoms with Crippen LogP contribution in [0.15, 0.2) is 12.1 Å². The van der Waals surface area contributed by atoms with Crippen molar-refractivity contribution in [1.82, 2.24) is 5.32 Å². The molecule has 0 radical (unpaired) electrons. The lowest BCUT2D eigenvalue weighted by atomic mass is 10.0. The van der Waals surface area contributed by atoms with Gasteiger partial charge in [0.25, 0.3) is 0 Å². The molecule has 4 nitrogen and oxygen atoms in total. The van der Waals surface area contributed by atoms with Crippen molar-refractivity contribution in [2.75, 3.05) is 20.8 Å². The normalized spacial score (nSPS) is 11.5. The van der Waals surface area contributed by atoms with Gasteiger partial charge in [-0.1, -0.05) is 17.7 Å². The highest BCUT2D eigenvalue weighted by Gasteiger charge is 2.18. The van der Waals surface area contributed by atoms with Crippen LogP contribution >= 0.6 is 11.6 Å². The number of hydrogen-bond donors (Lipinski definition) is 2. The van der Waals surface area contributed by atoms with E-state index >= 15 is 0 Å². The van der Waals surface area contributed by atoms with E-state index in [4.69, 9.17) is 26.2 Å². The van der Waals surface area contributed by atoms with Crippen LogP contribution in [0.2, 0.25) is 5.02 Å². The molecule has 0 saturated heterocycles. The van der Waals surface area contributed by atoms with E-state index in [-0.39, 0.29) is 12.1 Å². The number of methoxy groups -OCH3 is 2. The molecule has 19 heavy (non-hydrogen) atoms. The summed E-state index contributed by atoms with van der Waals surface area (Å²) in [6.45, 7) is 4.83. The Morgan fingerprint density at radius 1 is 1.26 bits per heavy atom. The van der Waals surface area contributed by atoms with Gasteiger partial charge >= 0.3 is 0 Å². The van der Waals surface area contributed by atoms with Gasteiger partial charge in [0.05, 0.1) is 19.2 Å². The molecule has 0 atom stereocenters. The van der Waals surface area contributed by atoms with Gasteiger partial charge < -0.3 is 19.9 Å². The van der Waals surface area contributed by atoms with E-state index in [1.54, 1.807) is 14.2 Å². The number of aliphatic hydroxyl groups excluding tert-OH is 1. The standard InChI is InChI=1S/C14H22ClNO3/c1-14(2,7-8-17)16-9-10-5-6-11(18-3)13(19-4)12(10)15/h5-6,16-17H,7-9H2,1-4H3. The maximum atomic E-state index is 9.00. The number of hydrogen-bond acceptors (Lipinski definition) is 4. The fraction of sp³-hybridized carbons (Fsp3) is 0.571. The minimum Gasteiger partial charge on any atom is -0.493 e. The lowest BCUT2D eigenvalue weighted by Gasteiger charge is -2.26. The molecule has 0 aromatic heterocycles. The second kappa shape index (κ2) is 6.98. The molecule has 0 aliphatic rings. The van der Waals surface area contributed by atoms with Crippen LogP contribution in [0.1, 0.15) is 25.8 Å². The molecule has 0 aliphatic heterocycles. The molecule has 108 valence electrons. The van der Waals surface area contributed by atoms with Gasteiger partial charge in [-0.15, -0.1) is 0 Å². The van der Waals surface area contributed by atoms with Crippen LogP contribution in [-0.4, -0.2) is 31.5 Å². The van der Waals surface area contributed by atoms with Crippen LogP contribution in [0.5, 0.6) is 11.5 Å². The SMILES string of the molecule is COc1ccc(CNC(C)(C)CCO)c(Cl)c1OC. The molecule has 0 aliphatic carbocycles. The Kier molecular flexibility index (Phi) is 5.91. The maximum absolute atomic E-state index is 9.00. The third kappa shape index (κ3) is 4.27. The number of benzene rings is 1. The van der Waals surface area contributed by atoms with Crippen molar-refractivity contribution >= 4 is 11.6 Å². The van der Waals surface area contributed by atoms with Gasteiger partial charge in [-0.05, 0) is 31.9 Å². The van der Waals surface area contributed by atoms with Gasteiger partial charge in [0.15, 0.2) is 11.5 Å². The zero-order chi connectivity index (χ0) is 14.5. The second-order valence-electron chi connectivity index (χ2n) is 4.99. The Morgan fingerprint density at radius 2 is 1.95 bits per heavy atom. The van der Waals surface area contributed by atoms with Gasteiger partial charge in [-0.3, -0.25) is 0 Å². The summed E-state index contributed by atoms with van der Waals surface area (Å²) in [5.74, 6) is 1.16. The Morgan fingerprint density at radius 3 is 2.47 bits per heavy atom. The van der Waals surface area contributed by atoms with Crippen LogP contribution in [0.3, 0.4) is 0 Å². The predicted molar refractivity (Wildman–Crippen MR) is 77.2 cm³/mol. The predicted octanol–water partition coefficient (Wildman–Crippen LogP) is 2.61. The highest BCUT2D eigenvalue weighted by atomic mass is 35.5. The molecule has 0 spiro atoms. The monoisotopic (exact) mass is 287 g/mol. The summed E-state index contributed by atoms with van der Waals surface area (Å²) >= 11 is 6.30. The molecule has 1 aromatic rings. The molecule has 1 rings (SSSR count). The fourth-order valence-electron chi connectivity index (χ4n) is 1.77. The van der Waals surface area contributed by atoms with E-state index in [1.807, 2.05) is 26.0 Å². The van der Waals surface area contributed by atoms with E-state index in [9.17, 15) is 0 Å². The first-order chi connectivity index (χ1) is 8.95. The van der Waals surface area contributed by atoms with Gasteiger partial charge in [0.1, 0.15) is 0 Å². The highest BCUT2D eigenvalue weighted by Crippen LogP contribution is 2.37. The second-order valence-corrected chi connectivity index (χ2v) is 5.36. The van der Waals surface area contributed by atoms with E-state index in [2.05, 4.69) is 5.32 Å². The van der Waals surface area contributed by atoms with Crippen molar-refractivity contribution < 1.29 is 14.6 Å². The maximum Gasteiger partial charge on any atom is 0.179 e.